The van der Waals surface area contributed by atoms with Crippen molar-refractivity contribution >= 4 is 0 Å². The van der Waals surface area contributed by atoms with E-state index in [2.05, 4.69) is 19.2 Å². The SMILES string of the molecule is CCOCCOCC(O)CNCC(C)CC. The highest BCUT2D eigenvalue weighted by molar-refractivity contribution is 4.60. The van der Waals surface area contributed by atoms with Gasteiger partial charge in [0, 0.05) is 13.2 Å². The monoisotopic (exact) mass is 233 g/mol. The van der Waals surface area contributed by atoms with Crippen molar-refractivity contribution in [3.05, 3.63) is 0 Å². The minimum absolute atomic E-state index is 0.376. The first kappa shape index (κ1) is 15.8. The summed E-state index contributed by atoms with van der Waals surface area (Å²) >= 11 is 0. The van der Waals surface area contributed by atoms with Crippen LogP contribution in [0, 0.1) is 5.92 Å². The van der Waals surface area contributed by atoms with Gasteiger partial charge in [0.25, 0.3) is 0 Å². The number of nitrogens with one attached hydrogen (secondary N) is 1. The highest BCUT2D eigenvalue weighted by atomic mass is 16.5. The largest absolute Gasteiger partial charge is 0.389 e. The topological polar surface area (TPSA) is 50.7 Å². The molecule has 2 atom stereocenters. The van der Waals surface area contributed by atoms with Crippen molar-refractivity contribution in [1.29, 1.82) is 0 Å². The molecule has 0 spiro atoms. The van der Waals surface area contributed by atoms with Gasteiger partial charge in [0.15, 0.2) is 0 Å². The van der Waals surface area contributed by atoms with Gasteiger partial charge in [-0.25, -0.2) is 0 Å². The van der Waals surface area contributed by atoms with E-state index in [4.69, 9.17) is 9.47 Å². The van der Waals surface area contributed by atoms with Crippen LogP contribution < -0.4 is 5.32 Å². The average Bonchev–Trinajstić information content (AvgIpc) is 2.28. The lowest BCUT2D eigenvalue weighted by Gasteiger charge is -2.14. The number of ether oxygens (including phenoxy) is 2. The zero-order valence-corrected chi connectivity index (χ0v) is 10.9. The van der Waals surface area contributed by atoms with Crippen molar-refractivity contribution < 1.29 is 14.6 Å². The predicted molar refractivity (Wildman–Crippen MR) is 65.6 cm³/mol. The molecule has 4 heteroatoms. The first-order chi connectivity index (χ1) is 7.70. The molecule has 2 unspecified atom stereocenters. The second kappa shape index (κ2) is 11.3. The minimum atomic E-state index is -0.425. The zero-order valence-electron chi connectivity index (χ0n) is 10.9. The Morgan fingerprint density at radius 2 is 1.81 bits per heavy atom. The van der Waals surface area contributed by atoms with Gasteiger partial charge in [0.1, 0.15) is 0 Å². The second-order valence-corrected chi connectivity index (χ2v) is 4.10. The molecule has 0 aromatic carbocycles. The first-order valence-electron chi connectivity index (χ1n) is 6.24. The molecule has 0 aromatic rings. The van der Waals surface area contributed by atoms with Crippen molar-refractivity contribution in [2.45, 2.75) is 33.3 Å². The molecule has 16 heavy (non-hydrogen) atoms. The van der Waals surface area contributed by atoms with Gasteiger partial charge in [-0.3, -0.25) is 0 Å². The normalized spacial score (nSPS) is 15.0. The van der Waals surface area contributed by atoms with Crippen molar-refractivity contribution in [3.8, 4) is 0 Å². The highest BCUT2D eigenvalue weighted by Crippen LogP contribution is 1.97. The maximum absolute atomic E-state index is 9.56. The van der Waals surface area contributed by atoms with E-state index in [-0.39, 0.29) is 0 Å². The summed E-state index contributed by atoms with van der Waals surface area (Å²) in [6.07, 6.45) is 0.735. The molecule has 0 radical (unpaired) electrons. The smallest absolute Gasteiger partial charge is 0.0897 e. The molecule has 0 heterocycles. The van der Waals surface area contributed by atoms with Gasteiger partial charge in [-0.2, -0.15) is 0 Å². The molecule has 0 rings (SSSR count). The Labute approximate surface area is 99.3 Å². The third kappa shape index (κ3) is 10.4. The third-order valence-corrected chi connectivity index (χ3v) is 2.46. The van der Waals surface area contributed by atoms with E-state index in [0.29, 0.717) is 38.9 Å². The third-order valence-electron chi connectivity index (χ3n) is 2.46. The van der Waals surface area contributed by atoms with E-state index in [9.17, 15) is 5.11 Å². The molecule has 0 fully saturated rings. The van der Waals surface area contributed by atoms with Crippen molar-refractivity contribution in [1.82, 2.24) is 5.32 Å². The van der Waals surface area contributed by atoms with Gasteiger partial charge < -0.3 is 19.9 Å². The van der Waals surface area contributed by atoms with Crippen LogP contribution in [0.5, 0.6) is 0 Å². The van der Waals surface area contributed by atoms with Crippen LogP contribution in [0.2, 0.25) is 0 Å². The molecule has 98 valence electrons. The van der Waals surface area contributed by atoms with Gasteiger partial charge in [-0.1, -0.05) is 20.3 Å². The summed E-state index contributed by atoms with van der Waals surface area (Å²) in [6.45, 7) is 10.1. The quantitative estimate of drug-likeness (QED) is 0.524. The Hall–Kier alpha value is -0.160. The van der Waals surface area contributed by atoms with E-state index in [1.807, 2.05) is 6.92 Å². The lowest BCUT2D eigenvalue weighted by atomic mass is 10.1. The van der Waals surface area contributed by atoms with Crippen LogP contribution in [0.15, 0.2) is 0 Å². The van der Waals surface area contributed by atoms with Gasteiger partial charge in [-0.15, -0.1) is 0 Å². The summed E-state index contributed by atoms with van der Waals surface area (Å²) < 4.78 is 10.4. The molecule has 0 amide bonds. The lowest BCUT2D eigenvalue weighted by Crippen LogP contribution is -2.33. The fourth-order valence-corrected chi connectivity index (χ4v) is 1.18. The summed E-state index contributed by atoms with van der Waals surface area (Å²) in [4.78, 5) is 0. The molecule has 0 aliphatic carbocycles. The van der Waals surface area contributed by atoms with Gasteiger partial charge >= 0.3 is 0 Å². The fraction of sp³-hybridized carbons (Fsp3) is 1.00. The van der Waals surface area contributed by atoms with Crippen LogP contribution in [-0.4, -0.2) is 50.7 Å². The van der Waals surface area contributed by atoms with E-state index >= 15 is 0 Å². The van der Waals surface area contributed by atoms with E-state index < -0.39 is 6.10 Å². The minimum Gasteiger partial charge on any atom is -0.389 e. The lowest BCUT2D eigenvalue weighted by molar-refractivity contribution is 0.00634. The van der Waals surface area contributed by atoms with Crippen LogP contribution in [-0.2, 0) is 9.47 Å². The van der Waals surface area contributed by atoms with Crippen molar-refractivity contribution in [2.24, 2.45) is 5.92 Å². The van der Waals surface area contributed by atoms with Crippen molar-refractivity contribution in [3.63, 3.8) is 0 Å². The summed E-state index contributed by atoms with van der Waals surface area (Å²) in [7, 11) is 0. The van der Waals surface area contributed by atoms with E-state index in [1.54, 1.807) is 0 Å². The van der Waals surface area contributed by atoms with Crippen LogP contribution in [0.3, 0.4) is 0 Å². The van der Waals surface area contributed by atoms with Crippen LogP contribution in [0.25, 0.3) is 0 Å². The summed E-state index contributed by atoms with van der Waals surface area (Å²) in [5.74, 6) is 0.658. The Balaban J connectivity index is 3.21. The number of aliphatic hydroxyl groups is 1. The van der Waals surface area contributed by atoms with Crippen LogP contribution in [0.4, 0.5) is 0 Å². The average molecular weight is 233 g/mol. The molecule has 0 saturated carbocycles. The fourth-order valence-electron chi connectivity index (χ4n) is 1.18. The van der Waals surface area contributed by atoms with Gasteiger partial charge in [0.2, 0.25) is 0 Å². The Morgan fingerprint density at radius 1 is 1.12 bits per heavy atom. The Morgan fingerprint density at radius 3 is 2.44 bits per heavy atom. The number of aliphatic hydroxyl groups excluding tert-OH is 1. The zero-order chi connectivity index (χ0) is 12.2. The maximum Gasteiger partial charge on any atom is 0.0897 e. The Kier molecular flexibility index (Phi) is 11.2. The number of rotatable bonds is 11. The molecule has 0 aromatic heterocycles. The van der Waals surface area contributed by atoms with Crippen LogP contribution in [0.1, 0.15) is 27.2 Å². The van der Waals surface area contributed by atoms with Crippen LogP contribution >= 0.6 is 0 Å². The molecule has 0 bridgehead atoms. The summed E-state index contributed by atoms with van der Waals surface area (Å²) in [6, 6.07) is 0. The standard InChI is InChI=1S/C12H27NO3/c1-4-11(3)8-13-9-12(14)10-16-7-6-15-5-2/h11-14H,4-10H2,1-3H3. The molecule has 2 N–H and O–H groups in total. The first-order valence-corrected chi connectivity index (χ1v) is 6.24. The van der Waals surface area contributed by atoms with E-state index in [0.717, 1.165) is 13.0 Å². The number of hydrogen-bond donors (Lipinski definition) is 2. The Bertz CT molecular complexity index is 144. The molecule has 0 saturated heterocycles. The highest BCUT2D eigenvalue weighted by Gasteiger charge is 2.04. The maximum atomic E-state index is 9.56. The second-order valence-electron chi connectivity index (χ2n) is 4.10. The molecular formula is C12H27NO3. The molecule has 0 aliphatic heterocycles. The van der Waals surface area contributed by atoms with E-state index in [1.165, 1.54) is 0 Å². The number of hydrogen-bond acceptors (Lipinski definition) is 4. The van der Waals surface area contributed by atoms with Gasteiger partial charge in [0.05, 0.1) is 25.9 Å². The molecular weight excluding hydrogens is 206 g/mol. The summed E-state index contributed by atoms with van der Waals surface area (Å²) in [5, 5.41) is 12.8. The molecule has 0 aliphatic rings. The predicted octanol–water partition coefficient (Wildman–Crippen LogP) is 1.04. The summed E-state index contributed by atoms with van der Waals surface area (Å²) in [5.41, 5.74) is 0. The van der Waals surface area contributed by atoms with Crippen molar-refractivity contribution in [2.75, 3.05) is 39.5 Å². The van der Waals surface area contributed by atoms with Gasteiger partial charge in [-0.05, 0) is 19.4 Å². The molecule has 4 nitrogen and oxygen atoms in total.